The molecular formula is C31H33N5O4. The highest BCUT2D eigenvalue weighted by Gasteiger charge is 2.35. The van der Waals surface area contributed by atoms with Crippen LogP contribution in [0.3, 0.4) is 0 Å². The summed E-state index contributed by atoms with van der Waals surface area (Å²) in [6.45, 7) is 2.11. The van der Waals surface area contributed by atoms with Crippen LogP contribution in [0.15, 0.2) is 72.9 Å². The third kappa shape index (κ3) is 5.49. The molecule has 2 amide bonds. The van der Waals surface area contributed by atoms with E-state index in [2.05, 4.69) is 15.6 Å². The van der Waals surface area contributed by atoms with Crippen LogP contribution in [0.4, 0.5) is 17.2 Å². The molecule has 1 aliphatic rings. The van der Waals surface area contributed by atoms with Crippen molar-refractivity contribution >= 4 is 39.8 Å². The van der Waals surface area contributed by atoms with E-state index in [4.69, 9.17) is 15.2 Å². The van der Waals surface area contributed by atoms with Crippen LogP contribution in [-0.4, -0.2) is 42.5 Å². The Balaban J connectivity index is 1.52. The molecule has 9 nitrogen and oxygen atoms in total. The number of carbonyl (C=O) groups excluding carboxylic acids is 2. The van der Waals surface area contributed by atoms with E-state index in [1.807, 2.05) is 65.6 Å². The Morgan fingerprint density at radius 2 is 1.82 bits per heavy atom. The predicted octanol–water partition coefficient (Wildman–Crippen LogP) is 5.31. The van der Waals surface area contributed by atoms with Crippen LogP contribution in [-0.2, 0) is 9.59 Å². The topological polar surface area (TPSA) is 119 Å². The number of carbonyl (C=O) groups is 2. The number of amides is 2. The number of rotatable bonds is 8. The first-order valence-electron chi connectivity index (χ1n) is 13.2. The Morgan fingerprint density at radius 1 is 1.00 bits per heavy atom. The minimum Gasteiger partial charge on any atom is -0.493 e. The molecule has 5 rings (SSSR count). The van der Waals surface area contributed by atoms with Gasteiger partial charge in [-0.05, 0) is 77.9 Å². The Hall–Kier alpha value is -4.79. The van der Waals surface area contributed by atoms with Crippen LogP contribution >= 0.6 is 0 Å². The number of hydrogen-bond acceptors (Lipinski definition) is 7. The molecule has 3 aromatic carbocycles. The molecular weight excluding hydrogens is 506 g/mol. The molecule has 0 saturated carbocycles. The number of nitrogen functional groups attached to an aromatic ring is 1. The molecule has 1 aromatic heterocycles. The van der Waals surface area contributed by atoms with Gasteiger partial charge in [0.2, 0.25) is 11.8 Å². The molecule has 4 aromatic rings. The van der Waals surface area contributed by atoms with Gasteiger partial charge < -0.3 is 30.7 Å². The summed E-state index contributed by atoms with van der Waals surface area (Å²) >= 11 is 0. The number of fused-ring (bicyclic) bond motifs is 1. The van der Waals surface area contributed by atoms with E-state index in [9.17, 15) is 9.59 Å². The first-order valence-corrected chi connectivity index (χ1v) is 13.2. The summed E-state index contributed by atoms with van der Waals surface area (Å²) in [7, 11) is 3.16. The zero-order chi connectivity index (χ0) is 28.2. The highest BCUT2D eigenvalue weighted by Crippen LogP contribution is 2.38. The van der Waals surface area contributed by atoms with Gasteiger partial charge in [0.25, 0.3) is 0 Å². The highest BCUT2D eigenvalue weighted by atomic mass is 16.5. The quantitative estimate of drug-likeness (QED) is 0.278. The second-order valence-electron chi connectivity index (χ2n) is 9.82. The number of likely N-dealkylation sites (tertiary alicyclic amines) is 1. The van der Waals surface area contributed by atoms with Crippen molar-refractivity contribution in [1.29, 1.82) is 0 Å². The number of aromatic nitrogens is 1. The standard InChI is InChI=1S/C31H33N5O4/c1-19(37)34-23-7-4-6-21(17-23)26-8-5-15-36(26)31(38)29(22-9-12-27(39-2)28(18-22)40-3)35-24-10-11-25-20(16-24)13-14-33-30(25)32/h4,6-7,9-14,16-18,26,29,35H,5,8,15H2,1-3H3,(H2,32,33)(H,34,37)/t26?,29-/m1/s1. The number of nitrogens with one attached hydrogen (secondary N) is 2. The van der Waals surface area contributed by atoms with Crippen molar-refractivity contribution in [2.24, 2.45) is 0 Å². The first-order chi connectivity index (χ1) is 19.4. The second-order valence-corrected chi connectivity index (χ2v) is 9.82. The van der Waals surface area contributed by atoms with Crippen LogP contribution in [0.5, 0.6) is 11.5 Å². The number of hydrogen-bond donors (Lipinski definition) is 3. The third-order valence-corrected chi connectivity index (χ3v) is 7.22. The van der Waals surface area contributed by atoms with E-state index in [1.165, 1.54) is 6.92 Å². The molecule has 1 aliphatic heterocycles. The summed E-state index contributed by atoms with van der Waals surface area (Å²) in [6.07, 6.45) is 3.38. The Kier molecular flexibility index (Phi) is 7.72. The van der Waals surface area contributed by atoms with Crippen molar-refractivity contribution in [3.8, 4) is 11.5 Å². The predicted molar refractivity (Wildman–Crippen MR) is 156 cm³/mol. The van der Waals surface area contributed by atoms with Crippen LogP contribution in [0, 0.1) is 0 Å². The lowest BCUT2D eigenvalue weighted by Gasteiger charge is -2.31. The van der Waals surface area contributed by atoms with Gasteiger partial charge in [0.15, 0.2) is 11.5 Å². The minimum absolute atomic E-state index is 0.0611. The maximum atomic E-state index is 14.4. The molecule has 4 N–H and O–H groups in total. The fraction of sp³-hybridized carbons (Fsp3) is 0.258. The van der Waals surface area contributed by atoms with Crippen LogP contribution in [0.25, 0.3) is 10.8 Å². The lowest BCUT2D eigenvalue weighted by molar-refractivity contribution is -0.133. The van der Waals surface area contributed by atoms with Crippen molar-refractivity contribution in [3.63, 3.8) is 0 Å². The summed E-state index contributed by atoms with van der Waals surface area (Å²) in [5.74, 6) is 1.38. The van der Waals surface area contributed by atoms with Crippen molar-refractivity contribution in [3.05, 3.63) is 84.1 Å². The van der Waals surface area contributed by atoms with Crippen LogP contribution < -0.4 is 25.8 Å². The number of methoxy groups -OCH3 is 2. The molecule has 1 unspecified atom stereocenters. The maximum Gasteiger partial charge on any atom is 0.250 e. The largest absolute Gasteiger partial charge is 0.493 e. The normalized spacial score (nSPS) is 15.5. The zero-order valence-corrected chi connectivity index (χ0v) is 22.8. The van der Waals surface area contributed by atoms with Gasteiger partial charge >= 0.3 is 0 Å². The van der Waals surface area contributed by atoms with Gasteiger partial charge in [-0.25, -0.2) is 4.98 Å². The molecule has 0 radical (unpaired) electrons. The molecule has 1 fully saturated rings. The summed E-state index contributed by atoms with van der Waals surface area (Å²) in [5.41, 5.74) is 9.27. The van der Waals surface area contributed by atoms with E-state index in [1.54, 1.807) is 26.5 Å². The van der Waals surface area contributed by atoms with Gasteiger partial charge in [0, 0.05) is 36.4 Å². The molecule has 9 heteroatoms. The van der Waals surface area contributed by atoms with Gasteiger partial charge in [-0.2, -0.15) is 0 Å². The number of benzene rings is 3. The Morgan fingerprint density at radius 3 is 2.60 bits per heavy atom. The molecule has 1 saturated heterocycles. The Bertz CT molecular complexity index is 1560. The number of anilines is 3. The van der Waals surface area contributed by atoms with E-state index in [-0.39, 0.29) is 17.9 Å². The molecule has 206 valence electrons. The van der Waals surface area contributed by atoms with Crippen LogP contribution in [0.2, 0.25) is 0 Å². The van der Waals surface area contributed by atoms with Crippen molar-refractivity contribution in [2.45, 2.75) is 31.8 Å². The fourth-order valence-corrected chi connectivity index (χ4v) is 5.35. The fourth-order valence-electron chi connectivity index (χ4n) is 5.35. The summed E-state index contributed by atoms with van der Waals surface area (Å²) in [4.78, 5) is 32.1. The lowest BCUT2D eigenvalue weighted by Crippen LogP contribution is -2.37. The van der Waals surface area contributed by atoms with Gasteiger partial charge in [-0.15, -0.1) is 0 Å². The van der Waals surface area contributed by atoms with Crippen molar-refractivity contribution in [1.82, 2.24) is 9.88 Å². The van der Waals surface area contributed by atoms with E-state index in [0.29, 0.717) is 29.5 Å². The lowest BCUT2D eigenvalue weighted by atomic mass is 10.0. The van der Waals surface area contributed by atoms with Crippen LogP contribution in [0.1, 0.15) is 43.0 Å². The smallest absolute Gasteiger partial charge is 0.250 e. The number of ether oxygens (including phenoxy) is 2. The van der Waals surface area contributed by atoms with Gasteiger partial charge in [0.1, 0.15) is 11.9 Å². The molecule has 0 bridgehead atoms. The van der Waals surface area contributed by atoms with Gasteiger partial charge in [-0.3, -0.25) is 9.59 Å². The number of pyridine rings is 1. The van der Waals surface area contributed by atoms with E-state index in [0.717, 1.165) is 40.4 Å². The highest BCUT2D eigenvalue weighted by molar-refractivity contribution is 5.94. The first kappa shape index (κ1) is 26.8. The Labute approximate surface area is 233 Å². The van der Waals surface area contributed by atoms with E-state index < -0.39 is 6.04 Å². The number of nitrogens with zero attached hydrogens (tertiary/aromatic N) is 2. The van der Waals surface area contributed by atoms with Crippen molar-refractivity contribution in [2.75, 3.05) is 37.1 Å². The molecule has 40 heavy (non-hydrogen) atoms. The average Bonchev–Trinajstić information content (AvgIpc) is 3.45. The molecule has 0 spiro atoms. The zero-order valence-electron chi connectivity index (χ0n) is 22.8. The summed E-state index contributed by atoms with van der Waals surface area (Å²) in [5, 5.41) is 8.09. The second kappa shape index (κ2) is 11.5. The van der Waals surface area contributed by atoms with Gasteiger partial charge in [0.05, 0.1) is 20.3 Å². The summed E-state index contributed by atoms with van der Waals surface area (Å²) in [6, 6.07) is 20.1. The summed E-state index contributed by atoms with van der Waals surface area (Å²) < 4.78 is 11.0. The minimum atomic E-state index is -0.699. The molecule has 0 aliphatic carbocycles. The monoisotopic (exact) mass is 539 g/mol. The maximum absolute atomic E-state index is 14.4. The SMILES string of the molecule is COc1ccc([C@@H](Nc2ccc3c(N)nccc3c2)C(=O)N2CCCC2c2cccc(NC(C)=O)c2)cc1OC. The average molecular weight is 540 g/mol. The number of nitrogens with two attached hydrogens (primary N) is 1. The third-order valence-electron chi connectivity index (χ3n) is 7.22. The molecule has 2 atom stereocenters. The van der Waals surface area contributed by atoms with E-state index >= 15 is 0 Å². The molecule has 2 heterocycles. The van der Waals surface area contributed by atoms with Gasteiger partial charge in [-0.1, -0.05) is 18.2 Å². The van der Waals surface area contributed by atoms with Crippen molar-refractivity contribution < 1.29 is 19.1 Å².